The minimum atomic E-state index is -4.43. The summed E-state index contributed by atoms with van der Waals surface area (Å²) in [6.07, 6.45) is -1.63. The lowest BCUT2D eigenvalue weighted by molar-refractivity contribution is -0.142. The van der Waals surface area contributed by atoms with Crippen LogP contribution in [-0.2, 0) is 11.0 Å². The average Bonchev–Trinajstić information content (AvgIpc) is 2.95. The van der Waals surface area contributed by atoms with Crippen LogP contribution in [0, 0.1) is 0 Å². The van der Waals surface area contributed by atoms with E-state index in [1.807, 2.05) is 4.90 Å². The number of alkyl halides is 3. The molecule has 0 aliphatic carbocycles. The fourth-order valence-electron chi connectivity index (χ4n) is 2.80. The van der Waals surface area contributed by atoms with Crippen LogP contribution in [0.1, 0.15) is 31.2 Å². The lowest BCUT2D eigenvalue weighted by atomic mass is 10.2. The molecule has 1 aromatic rings. The highest BCUT2D eigenvalue weighted by Crippen LogP contribution is 2.35. The van der Waals surface area contributed by atoms with Gasteiger partial charge in [-0.2, -0.15) is 13.2 Å². The fraction of sp³-hybridized carbons (Fsp3) is 0.562. The van der Waals surface area contributed by atoms with Gasteiger partial charge in [-0.3, -0.25) is 9.69 Å². The third-order valence-corrected chi connectivity index (χ3v) is 3.94. The number of aliphatic carboxylic acids is 1. The molecule has 0 radical (unpaired) electrons. The Morgan fingerprint density at radius 2 is 2.04 bits per heavy atom. The Kier molecular flexibility index (Phi) is 5.87. The first-order valence-electron chi connectivity index (χ1n) is 7.65. The molecular weight excluding hydrogens is 311 g/mol. The number of hydrogen-bond donors (Lipinski definition) is 1. The monoisotopic (exact) mass is 331 g/mol. The van der Waals surface area contributed by atoms with Crippen molar-refractivity contribution in [3.63, 3.8) is 0 Å². The van der Waals surface area contributed by atoms with Gasteiger partial charge in [0.25, 0.3) is 0 Å². The quantitative estimate of drug-likeness (QED) is 0.778. The zero-order valence-corrected chi connectivity index (χ0v) is 12.7. The zero-order chi connectivity index (χ0) is 16.9. The highest BCUT2D eigenvalue weighted by atomic mass is 19.4. The van der Waals surface area contributed by atoms with Crippen molar-refractivity contribution in [1.82, 2.24) is 4.90 Å². The third kappa shape index (κ3) is 4.86. The van der Waals surface area contributed by atoms with Gasteiger partial charge in [0.15, 0.2) is 0 Å². The van der Waals surface area contributed by atoms with Gasteiger partial charge in [0.2, 0.25) is 0 Å². The maximum absolute atomic E-state index is 12.8. The van der Waals surface area contributed by atoms with Gasteiger partial charge in [0, 0.05) is 0 Å². The number of nitrogens with zero attached hydrogens (tertiary/aromatic N) is 1. The molecule has 0 aromatic heterocycles. The van der Waals surface area contributed by atoms with Gasteiger partial charge in [0.1, 0.15) is 11.8 Å². The molecule has 1 N–H and O–H groups in total. The molecule has 4 nitrogen and oxygen atoms in total. The minimum absolute atomic E-state index is 0.162. The molecule has 23 heavy (non-hydrogen) atoms. The molecule has 1 heterocycles. The number of rotatable bonds is 7. The third-order valence-electron chi connectivity index (χ3n) is 3.94. The largest absolute Gasteiger partial charge is 0.493 e. The first-order valence-corrected chi connectivity index (χ1v) is 7.65. The smallest absolute Gasteiger partial charge is 0.419 e. The number of benzene rings is 1. The van der Waals surface area contributed by atoms with E-state index in [0.717, 1.165) is 19.0 Å². The Morgan fingerprint density at radius 3 is 2.74 bits per heavy atom. The van der Waals surface area contributed by atoms with E-state index in [9.17, 15) is 18.0 Å². The molecule has 0 saturated carbocycles. The van der Waals surface area contributed by atoms with Gasteiger partial charge >= 0.3 is 12.1 Å². The van der Waals surface area contributed by atoms with E-state index < -0.39 is 23.8 Å². The number of ether oxygens (including phenoxy) is 1. The summed E-state index contributed by atoms with van der Waals surface area (Å²) >= 11 is 0. The normalized spacial score (nSPS) is 19.0. The van der Waals surface area contributed by atoms with Crippen molar-refractivity contribution in [3.05, 3.63) is 29.8 Å². The number of carboxylic acids is 1. The number of likely N-dealkylation sites (tertiary alicyclic amines) is 1. The molecule has 128 valence electrons. The Balaban J connectivity index is 1.75. The number of para-hydroxylation sites is 1. The number of carbonyl (C=O) groups is 1. The molecule has 1 fully saturated rings. The summed E-state index contributed by atoms with van der Waals surface area (Å²) in [6, 6.07) is 4.71. The van der Waals surface area contributed by atoms with E-state index in [2.05, 4.69) is 0 Å². The Bertz CT molecular complexity index is 534. The van der Waals surface area contributed by atoms with E-state index >= 15 is 0 Å². The summed E-state index contributed by atoms with van der Waals surface area (Å²) in [6.45, 7) is 1.56. The Labute approximate surface area is 132 Å². The first-order chi connectivity index (χ1) is 10.9. The predicted molar refractivity (Wildman–Crippen MR) is 78.4 cm³/mol. The lowest BCUT2D eigenvalue weighted by Crippen LogP contribution is -2.36. The second-order valence-electron chi connectivity index (χ2n) is 5.58. The van der Waals surface area contributed by atoms with Crippen molar-refractivity contribution in [2.24, 2.45) is 0 Å². The predicted octanol–water partition coefficient (Wildman–Crippen LogP) is 3.41. The topological polar surface area (TPSA) is 49.8 Å². The maximum atomic E-state index is 12.8. The van der Waals surface area contributed by atoms with Crippen molar-refractivity contribution in [2.45, 2.75) is 37.9 Å². The molecule has 0 unspecified atom stereocenters. The molecule has 1 aliphatic heterocycles. The molecule has 1 aromatic carbocycles. The van der Waals surface area contributed by atoms with Crippen LogP contribution in [0.3, 0.4) is 0 Å². The van der Waals surface area contributed by atoms with Gasteiger partial charge in [-0.1, -0.05) is 12.1 Å². The van der Waals surface area contributed by atoms with E-state index in [-0.39, 0.29) is 12.4 Å². The molecule has 1 atom stereocenters. The fourth-order valence-corrected chi connectivity index (χ4v) is 2.80. The highest BCUT2D eigenvalue weighted by molar-refractivity contribution is 5.73. The summed E-state index contributed by atoms with van der Waals surface area (Å²) in [5.74, 6) is -0.970. The summed E-state index contributed by atoms with van der Waals surface area (Å²) in [7, 11) is 0. The summed E-state index contributed by atoms with van der Waals surface area (Å²) in [5, 5.41) is 9.07. The lowest BCUT2D eigenvalue weighted by Gasteiger charge is -2.20. The second kappa shape index (κ2) is 7.68. The number of hydrogen-bond acceptors (Lipinski definition) is 3. The molecule has 0 amide bonds. The molecule has 0 bridgehead atoms. The van der Waals surface area contributed by atoms with E-state index in [4.69, 9.17) is 9.84 Å². The van der Waals surface area contributed by atoms with Crippen LogP contribution in [0.25, 0.3) is 0 Å². The van der Waals surface area contributed by atoms with Gasteiger partial charge in [-0.05, 0) is 50.9 Å². The van der Waals surface area contributed by atoms with E-state index in [0.29, 0.717) is 25.8 Å². The zero-order valence-electron chi connectivity index (χ0n) is 12.7. The van der Waals surface area contributed by atoms with Crippen LogP contribution in [0.5, 0.6) is 5.75 Å². The highest BCUT2D eigenvalue weighted by Gasteiger charge is 2.34. The van der Waals surface area contributed by atoms with Crippen LogP contribution in [0.2, 0.25) is 0 Å². The molecule has 1 aliphatic rings. The van der Waals surface area contributed by atoms with Crippen LogP contribution in [-0.4, -0.2) is 41.7 Å². The van der Waals surface area contributed by atoms with Gasteiger partial charge in [-0.15, -0.1) is 0 Å². The van der Waals surface area contributed by atoms with Crippen LogP contribution in [0.4, 0.5) is 13.2 Å². The summed E-state index contributed by atoms with van der Waals surface area (Å²) in [5.41, 5.74) is -0.773. The molecular formula is C16H20F3NO3. The number of carboxylic acid groups (broad SMARTS) is 1. The second-order valence-corrected chi connectivity index (χ2v) is 5.58. The molecule has 7 heteroatoms. The maximum Gasteiger partial charge on any atom is 0.419 e. The van der Waals surface area contributed by atoms with Crippen molar-refractivity contribution in [3.8, 4) is 5.75 Å². The Morgan fingerprint density at radius 1 is 1.30 bits per heavy atom. The van der Waals surface area contributed by atoms with Gasteiger partial charge < -0.3 is 9.84 Å². The van der Waals surface area contributed by atoms with Crippen molar-refractivity contribution >= 4 is 5.97 Å². The van der Waals surface area contributed by atoms with Crippen molar-refractivity contribution in [1.29, 1.82) is 0 Å². The van der Waals surface area contributed by atoms with E-state index in [1.54, 1.807) is 0 Å². The van der Waals surface area contributed by atoms with E-state index in [1.165, 1.54) is 18.2 Å². The molecule has 1 saturated heterocycles. The van der Waals surface area contributed by atoms with Crippen molar-refractivity contribution in [2.75, 3.05) is 19.7 Å². The number of unbranched alkanes of at least 4 members (excludes halogenated alkanes) is 1. The Hall–Kier alpha value is -1.76. The van der Waals surface area contributed by atoms with Gasteiger partial charge in [-0.25, -0.2) is 0 Å². The van der Waals surface area contributed by atoms with Gasteiger partial charge in [0.05, 0.1) is 12.2 Å². The first kappa shape index (κ1) is 17.6. The standard InChI is InChI=1S/C16H20F3NO3/c17-16(18,19)12-6-1-2-8-14(12)23-11-4-3-9-20-10-5-7-13(20)15(21)22/h1-2,6,8,13H,3-5,7,9-11H2,(H,21,22)/t13-/m0/s1. The number of halogens is 3. The summed E-state index contributed by atoms with van der Waals surface area (Å²) < 4.78 is 43.7. The van der Waals surface area contributed by atoms with Crippen LogP contribution < -0.4 is 4.74 Å². The molecule has 2 rings (SSSR count). The SMILES string of the molecule is O=C(O)[C@@H]1CCCN1CCCCOc1ccccc1C(F)(F)F. The summed E-state index contributed by atoms with van der Waals surface area (Å²) in [4.78, 5) is 13.0. The minimum Gasteiger partial charge on any atom is -0.493 e. The van der Waals surface area contributed by atoms with Crippen LogP contribution >= 0.6 is 0 Å². The van der Waals surface area contributed by atoms with Crippen LogP contribution in [0.15, 0.2) is 24.3 Å². The van der Waals surface area contributed by atoms with Crippen molar-refractivity contribution < 1.29 is 27.8 Å². The molecule has 0 spiro atoms. The average molecular weight is 331 g/mol.